The Morgan fingerprint density at radius 2 is 2.08 bits per heavy atom. The van der Waals surface area contributed by atoms with E-state index in [1.54, 1.807) is 12.1 Å². The van der Waals surface area contributed by atoms with Crippen LogP contribution < -0.4 is 15.4 Å². The second-order valence-corrected chi connectivity index (χ2v) is 9.80. The van der Waals surface area contributed by atoms with Crippen LogP contribution in [0, 0.1) is 17.8 Å². The van der Waals surface area contributed by atoms with E-state index in [4.69, 9.17) is 0 Å². The Kier molecular flexibility index (Phi) is 6.63. The molecule has 1 aromatic carbocycles. The van der Waals surface area contributed by atoms with Gasteiger partial charge in [-0.1, -0.05) is 12.5 Å². The first kappa shape index (κ1) is 24.2. The van der Waals surface area contributed by atoms with E-state index in [0.29, 0.717) is 36.7 Å². The molecule has 5 rings (SSSR count). The highest BCUT2D eigenvalue weighted by Crippen LogP contribution is 2.43. The van der Waals surface area contributed by atoms with E-state index < -0.39 is 30.5 Å². The van der Waals surface area contributed by atoms with Crippen LogP contribution in [0.15, 0.2) is 24.3 Å². The van der Waals surface area contributed by atoms with Crippen LogP contribution in [0.3, 0.4) is 0 Å². The molecule has 36 heavy (non-hydrogen) atoms. The highest BCUT2D eigenvalue weighted by Gasteiger charge is 2.50. The van der Waals surface area contributed by atoms with E-state index in [1.165, 1.54) is 17.0 Å². The molecule has 1 saturated carbocycles. The van der Waals surface area contributed by atoms with E-state index in [0.717, 1.165) is 19.3 Å². The number of amides is 3. The smallest absolute Gasteiger partial charge is 0.387 e. The molecule has 1 aromatic heterocycles. The Morgan fingerprint density at radius 3 is 2.81 bits per heavy atom. The summed E-state index contributed by atoms with van der Waals surface area (Å²) in [4.78, 5) is 55.1. The fourth-order valence-corrected chi connectivity index (χ4v) is 6.04. The number of nitrogens with zero attached hydrogens (tertiary/aromatic N) is 1. The molecular formula is C25H28F2N4O5. The Hall–Kier alpha value is -3.50. The number of rotatable bonds is 8. The summed E-state index contributed by atoms with van der Waals surface area (Å²) in [5.41, 5.74) is 0.635. The topological polar surface area (TPSA) is 121 Å². The van der Waals surface area contributed by atoms with Gasteiger partial charge < -0.3 is 30.0 Å². The van der Waals surface area contributed by atoms with Gasteiger partial charge >= 0.3 is 6.61 Å². The summed E-state index contributed by atoms with van der Waals surface area (Å²) in [6.07, 6.45) is 4.11. The van der Waals surface area contributed by atoms with Gasteiger partial charge in [0.1, 0.15) is 23.8 Å². The van der Waals surface area contributed by atoms with Crippen LogP contribution in [0.5, 0.6) is 5.75 Å². The molecule has 192 valence electrons. The summed E-state index contributed by atoms with van der Waals surface area (Å²) < 4.78 is 30.2. The molecule has 2 saturated heterocycles. The van der Waals surface area contributed by atoms with Crippen LogP contribution in [0.1, 0.15) is 42.6 Å². The lowest BCUT2D eigenvalue weighted by Crippen LogP contribution is -2.52. The monoisotopic (exact) mass is 502 g/mol. The molecule has 1 aliphatic carbocycles. The summed E-state index contributed by atoms with van der Waals surface area (Å²) in [5.74, 6) is -1.20. The van der Waals surface area contributed by atoms with Crippen LogP contribution in [0.2, 0.25) is 0 Å². The van der Waals surface area contributed by atoms with Crippen molar-refractivity contribution < 1.29 is 32.7 Å². The molecular weight excluding hydrogens is 474 g/mol. The zero-order valence-corrected chi connectivity index (χ0v) is 19.5. The number of alkyl halides is 2. The molecule has 4 unspecified atom stereocenters. The van der Waals surface area contributed by atoms with Gasteiger partial charge in [-0.05, 0) is 55.7 Å². The summed E-state index contributed by atoms with van der Waals surface area (Å²) in [6, 6.07) is 4.48. The van der Waals surface area contributed by atoms with Gasteiger partial charge in [0.15, 0.2) is 0 Å². The minimum absolute atomic E-state index is 0.0295. The number of halogens is 2. The number of hydrogen-bond acceptors (Lipinski definition) is 5. The zero-order chi connectivity index (χ0) is 25.4. The van der Waals surface area contributed by atoms with Gasteiger partial charge in [-0.15, -0.1) is 0 Å². The number of fused-ring (bicyclic) bond motifs is 2. The minimum Gasteiger partial charge on any atom is -0.434 e. The van der Waals surface area contributed by atoms with Crippen molar-refractivity contribution in [3.63, 3.8) is 0 Å². The number of carbonyl (C=O) groups is 4. The maximum absolute atomic E-state index is 13.6. The van der Waals surface area contributed by atoms with Crippen molar-refractivity contribution in [2.45, 2.75) is 50.8 Å². The summed E-state index contributed by atoms with van der Waals surface area (Å²) >= 11 is 0. The van der Waals surface area contributed by atoms with Crippen molar-refractivity contribution in [2.24, 2.45) is 17.8 Å². The number of nitrogens with one attached hydrogen (secondary N) is 3. The number of benzene rings is 1. The number of hydrogen-bond donors (Lipinski definition) is 3. The maximum Gasteiger partial charge on any atom is 0.387 e. The number of carbonyl (C=O) groups excluding carboxylic acids is 4. The molecule has 3 N–H and O–H groups in total. The van der Waals surface area contributed by atoms with Crippen LogP contribution in [0.25, 0.3) is 10.9 Å². The number of aldehydes is 1. The van der Waals surface area contributed by atoms with Crippen molar-refractivity contribution in [3.8, 4) is 5.75 Å². The van der Waals surface area contributed by atoms with E-state index in [-0.39, 0.29) is 41.5 Å². The van der Waals surface area contributed by atoms with Gasteiger partial charge in [0.25, 0.3) is 5.91 Å². The number of H-pyrrole nitrogens is 1. The molecule has 2 aliphatic heterocycles. The molecule has 0 radical (unpaired) electrons. The Bertz CT molecular complexity index is 1180. The Morgan fingerprint density at radius 1 is 1.25 bits per heavy atom. The highest BCUT2D eigenvalue weighted by molar-refractivity contribution is 6.02. The largest absolute Gasteiger partial charge is 0.434 e. The third-order valence-electron chi connectivity index (χ3n) is 7.68. The van der Waals surface area contributed by atoms with Crippen LogP contribution in [-0.4, -0.2) is 65.7 Å². The first-order valence-corrected chi connectivity index (χ1v) is 12.3. The molecule has 3 fully saturated rings. The first-order valence-electron chi connectivity index (χ1n) is 12.3. The maximum atomic E-state index is 13.6. The summed E-state index contributed by atoms with van der Waals surface area (Å²) in [5, 5.41) is 5.84. The van der Waals surface area contributed by atoms with Gasteiger partial charge in [0.2, 0.25) is 11.8 Å². The van der Waals surface area contributed by atoms with Crippen molar-refractivity contribution >= 4 is 34.9 Å². The zero-order valence-electron chi connectivity index (χ0n) is 19.5. The summed E-state index contributed by atoms with van der Waals surface area (Å²) in [6.45, 7) is -2.06. The molecule has 5 atom stereocenters. The van der Waals surface area contributed by atoms with Crippen molar-refractivity contribution in [2.75, 3.05) is 13.1 Å². The van der Waals surface area contributed by atoms with E-state index >= 15 is 0 Å². The standard InChI is InChI=1S/C25H28F2N4O5/c26-25(27)36-20-6-2-5-18-17(20)10-19(30-18)24(35)31-11-14-3-1-4-16(14)21(31)23(34)29-15(12-32)9-13-7-8-28-22(13)33/h2,5-6,10,12-16,21,25,30H,1,3-4,7-9,11H2,(H,28,33)(H,29,34)/t13?,14?,15?,16?,21-/m0/s1. The Balaban J connectivity index is 1.37. The number of ether oxygens (including phenoxy) is 1. The molecule has 3 amide bonds. The average molecular weight is 503 g/mol. The van der Waals surface area contributed by atoms with Gasteiger partial charge in [-0.25, -0.2) is 0 Å². The van der Waals surface area contributed by atoms with Crippen molar-refractivity contribution in [1.29, 1.82) is 0 Å². The molecule has 0 bridgehead atoms. The molecule has 2 aromatic rings. The van der Waals surface area contributed by atoms with E-state index in [9.17, 15) is 28.0 Å². The van der Waals surface area contributed by atoms with E-state index in [2.05, 4.69) is 20.4 Å². The number of aromatic amines is 1. The predicted molar refractivity (Wildman–Crippen MR) is 124 cm³/mol. The Labute approximate surface area is 205 Å². The summed E-state index contributed by atoms with van der Waals surface area (Å²) in [7, 11) is 0. The highest BCUT2D eigenvalue weighted by atomic mass is 19.3. The molecule has 9 nitrogen and oxygen atoms in total. The van der Waals surface area contributed by atoms with Gasteiger partial charge in [-0.2, -0.15) is 8.78 Å². The van der Waals surface area contributed by atoms with Gasteiger partial charge in [0, 0.05) is 29.9 Å². The third-order valence-corrected chi connectivity index (χ3v) is 7.68. The fourth-order valence-electron chi connectivity index (χ4n) is 6.04. The average Bonchev–Trinajstić information content (AvgIpc) is 3.61. The van der Waals surface area contributed by atoms with Crippen molar-refractivity contribution in [1.82, 2.24) is 20.5 Å². The van der Waals surface area contributed by atoms with Crippen LogP contribution >= 0.6 is 0 Å². The first-order chi connectivity index (χ1) is 17.4. The quantitative estimate of drug-likeness (QED) is 0.478. The molecule has 3 aliphatic rings. The number of likely N-dealkylation sites (tertiary alicyclic amines) is 1. The lowest BCUT2D eigenvalue weighted by atomic mass is 9.92. The number of aromatic nitrogens is 1. The third kappa shape index (κ3) is 4.54. The second kappa shape index (κ2) is 9.87. The molecule has 0 spiro atoms. The SMILES string of the molecule is O=CC(CC1CCNC1=O)NC(=O)[C@@H]1C2CCCC2CN1C(=O)c1cc2c(OC(F)F)cccc2[nH]1. The van der Waals surface area contributed by atoms with Crippen molar-refractivity contribution in [3.05, 3.63) is 30.0 Å². The normalized spacial score (nSPS) is 26.2. The molecule has 3 heterocycles. The predicted octanol–water partition coefficient (Wildman–Crippen LogP) is 2.22. The van der Waals surface area contributed by atoms with Crippen LogP contribution in [0.4, 0.5) is 8.78 Å². The van der Waals surface area contributed by atoms with Gasteiger partial charge in [0.05, 0.1) is 6.04 Å². The van der Waals surface area contributed by atoms with Gasteiger partial charge in [-0.3, -0.25) is 14.4 Å². The van der Waals surface area contributed by atoms with Crippen LogP contribution in [-0.2, 0) is 14.4 Å². The van der Waals surface area contributed by atoms with E-state index in [1.807, 2.05) is 0 Å². The lowest BCUT2D eigenvalue weighted by molar-refractivity contribution is -0.129. The minimum atomic E-state index is -3.00. The fraction of sp³-hybridized carbons (Fsp3) is 0.520. The second-order valence-electron chi connectivity index (χ2n) is 9.80. The lowest BCUT2D eigenvalue weighted by Gasteiger charge is -2.28. The molecule has 11 heteroatoms.